The van der Waals surface area contributed by atoms with Crippen LogP contribution >= 0.6 is 23.4 Å². The first-order valence-electron chi connectivity index (χ1n) is 7.25. The largest absolute Gasteiger partial charge is 0.481 e. The minimum Gasteiger partial charge on any atom is -0.481 e. The fraction of sp³-hybridized carbons (Fsp3) is 0.235. The molecule has 0 radical (unpaired) electrons. The number of alkyl halides is 2. The van der Waals surface area contributed by atoms with Crippen molar-refractivity contribution in [1.29, 1.82) is 0 Å². The van der Waals surface area contributed by atoms with E-state index in [4.69, 9.17) is 16.3 Å². The number of hydrogen-bond acceptors (Lipinski definition) is 4. The van der Waals surface area contributed by atoms with Crippen LogP contribution in [0.25, 0.3) is 0 Å². The van der Waals surface area contributed by atoms with Crippen LogP contribution < -0.4 is 14.8 Å². The molecule has 1 atom stereocenters. The Labute approximate surface area is 153 Å². The molecule has 0 spiro atoms. The van der Waals surface area contributed by atoms with Gasteiger partial charge in [-0.15, -0.1) is 11.8 Å². The Morgan fingerprint density at radius 3 is 2.40 bits per heavy atom. The highest BCUT2D eigenvalue weighted by Gasteiger charge is 2.16. The average Bonchev–Trinajstić information content (AvgIpc) is 2.57. The molecule has 1 unspecified atom stereocenters. The number of thioether (sulfide) groups is 1. The molecule has 0 aromatic heterocycles. The number of hydrogen-bond donors (Lipinski definition) is 1. The molecule has 2 aromatic carbocycles. The van der Waals surface area contributed by atoms with Gasteiger partial charge in [0, 0.05) is 10.6 Å². The van der Waals surface area contributed by atoms with Gasteiger partial charge in [-0.25, -0.2) is 0 Å². The predicted octanol–water partition coefficient (Wildman–Crippen LogP) is 5.07. The first kappa shape index (κ1) is 19.3. The highest BCUT2D eigenvalue weighted by molar-refractivity contribution is 7.98. The van der Waals surface area contributed by atoms with Crippen molar-refractivity contribution in [3.63, 3.8) is 0 Å². The van der Waals surface area contributed by atoms with Gasteiger partial charge in [0.05, 0.1) is 5.02 Å². The Kier molecular flexibility index (Phi) is 6.90. The van der Waals surface area contributed by atoms with Gasteiger partial charge in [-0.2, -0.15) is 8.78 Å². The molecular weight excluding hydrogens is 372 g/mol. The summed E-state index contributed by atoms with van der Waals surface area (Å²) in [7, 11) is 0. The molecule has 0 saturated carbocycles. The van der Waals surface area contributed by atoms with E-state index in [1.807, 2.05) is 18.4 Å². The van der Waals surface area contributed by atoms with Crippen molar-refractivity contribution in [2.75, 3.05) is 11.6 Å². The molecular formula is C17H16ClF2NO3S. The second-order valence-electron chi connectivity index (χ2n) is 4.95. The summed E-state index contributed by atoms with van der Waals surface area (Å²) in [6, 6.07) is 11.4. The molecule has 0 aliphatic rings. The molecule has 8 heteroatoms. The van der Waals surface area contributed by atoms with Gasteiger partial charge in [0.25, 0.3) is 5.91 Å². The smallest absolute Gasteiger partial charge is 0.387 e. The van der Waals surface area contributed by atoms with Crippen LogP contribution in [0, 0.1) is 0 Å². The molecule has 2 aromatic rings. The monoisotopic (exact) mass is 387 g/mol. The molecule has 2 rings (SSSR count). The van der Waals surface area contributed by atoms with E-state index in [1.165, 1.54) is 18.2 Å². The Morgan fingerprint density at radius 1 is 1.16 bits per heavy atom. The van der Waals surface area contributed by atoms with Gasteiger partial charge in [0.1, 0.15) is 11.5 Å². The Balaban J connectivity index is 1.97. The fourth-order valence-electron chi connectivity index (χ4n) is 1.93. The number of carbonyl (C=O) groups is 1. The van der Waals surface area contributed by atoms with Crippen LogP contribution in [0.15, 0.2) is 47.4 Å². The molecule has 0 aliphatic heterocycles. The van der Waals surface area contributed by atoms with Gasteiger partial charge < -0.3 is 14.8 Å². The Morgan fingerprint density at radius 2 is 1.84 bits per heavy atom. The average molecular weight is 388 g/mol. The maximum atomic E-state index is 12.2. The summed E-state index contributed by atoms with van der Waals surface area (Å²) in [5.41, 5.74) is 0.352. The first-order valence-corrected chi connectivity index (χ1v) is 8.85. The van der Waals surface area contributed by atoms with E-state index < -0.39 is 18.6 Å². The number of halogens is 3. The number of anilines is 1. The maximum absolute atomic E-state index is 12.2. The number of benzene rings is 2. The molecule has 0 aliphatic carbocycles. The van der Waals surface area contributed by atoms with Gasteiger partial charge in [-0.3, -0.25) is 4.79 Å². The Hall–Kier alpha value is -1.99. The summed E-state index contributed by atoms with van der Waals surface area (Å²) in [6.07, 6.45) is 1.21. The summed E-state index contributed by atoms with van der Waals surface area (Å²) in [5.74, 6) is 0.0135. The summed E-state index contributed by atoms with van der Waals surface area (Å²) in [6.45, 7) is -1.36. The van der Waals surface area contributed by atoms with Crippen LogP contribution in [-0.2, 0) is 4.79 Å². The molecule has 0 heterocycles. The van der Waals surface area contributed by atoms with Crippen molar-refractivity contribution in [3.8, 4) is 11.5 Å². The van der Waals surface area contributed by atoms with E-state index >= 15 is 0 Å². The molecule has 0 fully saturated rings. The van der Waals surface area contributed by atoms with Crippen molar-refractivity contribution in [3.05, 3.63) is 47.5 Å². The number of ether oxygens (including phenoxy) is 2. The summed E-state index contributed by atoms with van der Waals surface area (Å²) in [5, 5.41) is 2.58. The van der Waals surface area contributed by atoms with Crippen LogP contribution in [0.1, 0.15) is 6.92 Å². The van der Waals surface area contributed by atoms with E-state index in [9.17, 15) is 13.6 Å². The normalized spacial score (nSPS) is 11.9. The van der Waals surface area contributed by atoms with Crippen molar-refractivity contribution in [2.45, 2.75) is 24.5 Å². The minimum absolute atomic E-state index is 0.0284. The van der Waals surface area contributed by atoms with Crippen molar-refractivity contribution >= 4 is 35.0 Å². The number of nitrogens with one attached hydrogen (secondary N) is 1. The minimum atomic E-state index is -2.97. The summed E-state index contributed by atoms with van der Waals surface area (Å²) in [4.78, 5) is 13.3. The standard InChI is InChI=1S/C17H16ClF2NO3S/c1-10(23-12-4-6-13(25-2)7-5-12)16(22)21-11-3-8-15(14(18)9-11)24-17(19)20/h3-10,17H,1-2H3,(H,21,22). The maximum Gasteiger partial charge on any atom is 0.387 e. The van der Waals surface area contributed by atoms with Crippen molar-refractivity contribution < 1.29 is 23.0 Å². The zero-order valence-electron chi connectivity index (χ0n) is 13.5. The van der Waals surface area contributed by atoms with Crippen LogP contribution in [-0.4, -0.2) is 24.9 Å². The summed E-state index contributed by atoms with van der Waals surface area (Å²) < 4.78 is 34.2. The van der Waals surface area contributed by atoms with Gasteiger partial charge in [-0.1, -0.05) is 11.6 Å². The van der Waals surface area contributed by atoms with Gasteiger partial charge in [-0.05, 0) is 55.6 Å². The van der Waals surface area contributed by atoms with Gasteiger partial charge in [0.15, 0.2) is 6.10 Å². The predicted molar refractivity (Wildman–Crippen MR) is 95.0 cm³/mol. The topological polar surface area (TPSA) is 47.6 Å². The second-order valence-corrected chi connectivity index (χ2v) is 6.24. The van der Waals surface area contributed by atoms with Gasteiger partial charge >= 0.3 is 6.61 Å². The lowest BCUT2D eigenvalue weighted by Crippen LogP contribution is -2.30. The Bertz CT molecular complexity index is 728. The van der Waals surface area contributed by atoms with Crippen LogP contribution in [0.3, 0.4) is 0 Å². The van der Waals surface area contributed by atoms with E-state index in [0.29, 0.717) is 11.4 Å². The first-order chi connectivity index (χ1) is 11.9. The lowest BCUT2D eigenvalue weighted by molar-refractivity contribution is -0.122. The molecule has 0 saturated heterocycles. The van der Waals surface area contributed by atoms with E-state index in [0.717, 1.165) is 4.90 Å². The fourth-order valence-corrected chi connectivity index (χ4v) is 2.56. The highest BCUT2D eigenvalue weighted by Crippen LogP contribution is 2.29. The number of rotatable bonds is 7. The van der Waals surface area contributed by atoms with E-state index in [-0.39, 0.29) is 10.8 Å². The zero-order valence-corrected chi connectivity index (χ0v) is 15.0. The van der Waals surface area contributed by atoms with Gasteiger partial charge in [0.2, 0.25) is 0 Å². The molecule has 1 amide bonds. The second kappa shape index (κ2) is 8.92. The molecule has 134 valence electrons. The van der Waals surface area contributed by atoms with Crippen LogP contribution in [0.4, 0.5) is 14.5 Å². The molecule has 0 bridgehead atoms. The van der Waals surface area contributed by atoms with Crippen LogP contribution in [0.5, 0.6) is 11.5 Å². The highest BCUT2D eigenvalue weighted by atomic mass is 35.5. The lowest BCUT2D eigenvalue weighted by atomic mass is 10.2. The molecule has 25 heavy (non-hydrogen) atoms. The summed E-state index contributed by atoms with van der Waals surface area (Å²) >= 11 is 7.46. The number of carbonyl (C=O) groups excluding carboxylic acids is 1. The number of amides is 1. The molecule has 1 N–H and O–H groups in total. The third-order valence-corrected chi connectivity index (χ3v) is 4.20. The molecule has 4 nitrogen and oxygen atoms in total. The van der Waals surface area contributed by atoms with E-state index in [2.05, 4.69) is 10.1 Å². The quantitative estimate of drug-likeness (QED) is 0.674. The van der Waals surface area contributed by atoms with Crippen molar-refractivity contribution in [2.24, 2.45) is 0 Å². The van der Waals surface area contributed by atoms with Crippen molar-refractivity contribution in [1.82, 2.24) is 0 Å². The SMILES string of the molecule is CSc1ccc(OC(C)C(=O)Nc2ccc(OC(F)F)c(Cl)c2)cc1. The third kappa shape index (κ3) is 5.79. The zero-order chi connectivity index (χ0) is 18.4. The van der Waals surface area contributed by atoms with E-state index in [1.54, 1.807) is 30.8 Å². The third-order valence-electron chi connectivity index (χ3n) is 3.16. The lowest BCUT2D eigenvalue weighted by Gasteiger charge is -2.15. The van der Waals surface area contributed by atoms with Crippen LogP contribution in [0.2, 0.25) is 5.02 Å².